The summed E-state index contributed by atoms with van der Waals surface area (Å²) < 4.78 is 13.3. The molecule has 4 nitrogen and oxygen atoms in total. The molecule has 1 unspecified atom stereocenters. The van der Waals surface area contributed by atoms with Gasteiger partial charge in [0, 0.05) is 26.2 Å². The lowest BCUT2D eigenvalue weighted by Crippen LogP contribution is -2.35. The third-order valence-electron chi connectivity index (χ3n) is 2.38. The van der Waals surface area contributed by atoms with E-state index in [1.165, 1.54) is 17.0 Å². The van der Waals surface area contributed by atoms with Gasteiger partial charge in [0.15, 0.2) is 0 Å². The fraction of sp³-hybridized carbons (Fsp3) is 0.417. The highest BCUT2D eigenvalue weighted by molar-refractivity contribution is 5.77. The van der Waals surface area contributed by atoms with Crippen molar-refractivity contribution >= 4 is 5.91 Å². The highest BCUT2D eigenvalue weighted by atomic mass is 19.1. The number of hydrogen-bond donors (Lipinski definition) is 2. The van der Waals surface area contributed by atoms with Crippen molar-refractivity contribution in [2.75, 3.05) is 27.2 Å². The van der Waals surface area contributed by atoms with Crippen LogP contribution in [0.2, 0.25) is 0 Å². The number of nitrogens with zero attached hydrogens (tertiary/aromatic N) is 1. The van der Waals surface area contributed by atoms with Crippen molar-refractivity contribution in [3.8, 4) is 0 Å². The average molecular weight is 240 g/mol. The number of hydrogen-bond acceptors (Lipinski definition) is 3. The van der Waals surface area contributed by atoms with Gasteiger partial charge >= 0.3 is 0 Å². The minimum Gasteiger partial charge on any atom is -0.387 e. The van der Waals surface area contributed by atoms with Crippen LogP contribution >= 0.6 is 0 Å². The van der Waals surface area contributed by atoms with E-state index in [4.69, 9.17) is 0 Å². The van der Waals surface area contributed by atoms with Gasteiger partial charge in [-0.05, 0) is 6.07 Å². The first-order valence-corrected chi connectivity index (χ1v) is 5.35. The standard InChI is InChI=1S/C12H17FN2O2/c1-15(2)12(17)8-14-7-11(16)9-5-3-4-6-10(9)13/h3-6,11,14,16H,7-8H2,1-2H3. The molecule has 17 heavy (non-hydrogen) atoms. The summed E-state index contributed by atoms with van der Waals surface area (Å²) in [7, 11) is 3.30. The number of rotatable bonds is 5. The maximum atomic E-state index is 13.3. The molecule has 0 aliphatic rings. The van der Waals surface area contributed by atoms with Gasteiger partial charge in [-0.25, -0.2) is 4.39 Å². The molecule has 0 bridgehead atoms. The molecule has 1 aromatic carbocycles. The Morgan fingerprint density at radius 3 is 2.71 bits per heavy atom. The Hall–Kier alpha value is -1.46. The van der Waals surface area contributed by atoms with Gasteiger partial charge in [-0.1, -0.05) is 18.2 Å². The number of aliphatic hydroxyl groups excluding tert-OH is 1. The van der Waals surface area contributed by atoms with Crippen LogP contribution in [0.25, 0.3) is 0 Å². The van der Waals surface area contributed by atoms with E-state index in [1.807, 2.05) is 0 Å². The zero-order valence-electron chi connectivity index (χ0n) is 9.98. The van der Waals surface area contributed by atoms with Gasteiger partial charge in [0.1, 0.15) is 5.82 Å². The van der Waals surface area contributed by atoms with Gasteiger partial charge < -0.3 is 15.3 Å². The summed E-state index contributed by atoms with van der Waals surface area (Å²) in [6.45, 7) is 0.263. The monoisotopic (exact) mass is 240 g/mol. The fourth-order valence-electron chi connectivity index (χ4n) is 1.33. The third kappa shape index (κ3) is 4.13. The number of aliphatic hydroxyl groups is 1. The molecule has 0 saturated heterocycles. The molecule has 0 fully saturated rings. The highest BCUT2D eigenvalue weighted by Gasteiger charge is 2.12. The first-order chi connectivity index (χ1) is 8.02. The first-order valence-electron chi connectivity index (χ1n) is 5.35. The smallest absolute Gasteiger partial charge is 0.236 e. The Labute approximate surface area is 100 Å². The highest BCUT2D eigenvalue weighted by Crippen LogP contribution is 2.15. The fourth-order valence-corrected chi connectivity index (χ4v) is 1.33. The molecule has 0 spiro atoms. The molecule has 0 aliphatic heterocycles. The third-order valence-corrected chi connectivity index (χ3v) is 2.38. The SMILES string of the molecule is CN(C)C(=O)CNCC(O)c1ccccc1F. The molecule has 0 aromatic heterocycles. The minimum atomic E-state index is -0.953. The first kappa shape index (κ1) is 13.6. The molecule has 0 heterocycles. The van der Waals surface area contributed by atoms with E-state index in [1.54, 1.807) is 26.2 Å². The van der Waals surface area contributed by atoms with Crippen molar-refractivity contribution in [1.29, 1.82) is 0 Å². The minimum absolute atomic E-state index is 0.0919. The number of amides is 1. The van der Waals surface area contributed by atoms with Crippen LogP contribution in [0.1, 0.15) is 11.7 Å². The number of benzene rings is 1. The number of nitrogens with one attached hydrogen (secondary N) is 1. The zero-order valence-corrected chi connectivity index (χ0v) is 9.98. The van der Waals surface area contributed by atoms with Gasteiger partial charge in [-0.15, -0.1) is 0 Å². The van der Waals surface area contributed by atoms with E-state index < -0.39 is 11.9 Å². The van der Waals surface area contributed by atoms with E-state index >= 15 is 0 Å². The molecular weight excluding hydrogens is 223 g/mol. The molecule has 1 rings (SSSR count). The van der Waals surface area contributed by atoms with Crippen LogP contribution in [0.3, 0.4) is 0 Å². The Balaban J connectivity index is 2.43. The van der Waals surface area contributed by atoms with Crippen molar-refractivity contribution < 1.29 is 14.3 Å². The average Bonchev–Trinajstić information content (AvgIpc) is 2.29. The molecule has 0 saturated carbocycles. The maximum Gasteiger partial charge on any atom is 0.236 e. The molecule has 1 atom stereocenters. The van der Waals surface area contributed by atoms with Gasteiger partial charge in [-0.2, -0.15) is 0 Å². The molecule has 5 heteroatoms. The molecule has 1 aromatic rings. The van der Waals surface area contributed by atoms with E-state index in [0.29, 0.717) is 0 Å². The second-order valence-corrected chi connectivity index (χ2v) is 3.96. The van der Waals surface area contributed by atoms with Crippen LogP contribution in [0.4, 0.5) is 4.39 Å². The molecule has 1 amide bonds. The summed E-state index contributed by atoms with van der Waals surface area (Å²) in [5.41, 5.74) is 0.234. The number of carbonyl (C=O) groups excluding carboxylic acids is 1. The quantitative estimate of drug-likeness (QED) is 0.789. The van der Waals surface area contributed by atoms with Crippen molar-refractivity contribution in [3.63, 3.8) is 0 Å². The van der Waals surface area contributed by atoms with Crippen LogP contribution < -0.4 is 5.32 Å². The van der Waals surface area contributed by atoms with E-state index in [9.17, 15) is 14.3 Å². The zero-order chi connectivity index (χ0) is 12.8. The van der Waals surface area contributed by atoms with Crippen LogP contribution in [0, 0.1) is 5.82 Å². The summed E-state index contributed by atoms with van der Waals surface area (Å²) in [5.74, 6) is -0.536. The van der Waals surface area contributed by atoms with Crippen molar-refractivity contribution in [1.82, 2.24) is 10.2 Å². The van der Waals surface area contributed by atoms with Gasteiger partial charge in [-0.3, -0.25) is 4.79 Å². The van der Waals surface area contributed by atoms with Crippen molar-refractivity contribution in [2.45, 2.75) is 6.10 Å². The van der Waals surface area contributed by atoms with Crippen molar-refractivity contribution in [2.24, 2.45) is 0 Å². The second kappa shape index (κ2) is 6.32. The number of halogens is 1. The number of likely N-dealkylation sites (N-methyl/N-ethyl adjacent to an activating group) is 1. The summed E-state index contributed by atoms with van der Waals surface area (Å²) in [6.07, 6.45) is -0.953. The van der Waals surface area contributed by atoms with E-state index in [0.717, 1.165) is 0 Å². The largest absolute Gasteiger partial charge is 0.387 e. The molecule has 0 radical (unpaired) electrons. The van der Waals surface area contributed by atoms with Gasteiger partial charge in [0.2, 0.25) is 5.91 Å². The van der Waals surface area contributed by atoms with Gasteiger partial charge in [0.25, 0.3) is 0 Å². The number of carbonyl (C=O) groups is 1. The normalized spacial score (nSPS) is 12.2. The molecule has 94 valence electrons. The lowest BCUT2D eigenvalue weighted by molar-refractivity contribution is -0.127. The Morgan fingerprint density at radius 1 is 1.47 bits per heavy atom. The summed E-state index contributed by atoms with van der Waals surface area (Å²) in [4.78, 5) is 12.7. The summed E-state index contributed by atoms with van der Waals surface area (Å²) in [6, 6.07) is 6.04. The van der Waals surface area contributed by atoms with E-state index in [2.05, 4.69) is 5.32 Å². The van der Waals surface area contributed by atoms with Crippen LogP contribution in [-0.4, -0.2) is 43.1 Å². The summed E-state index contributed by atoms with van der Waals surface area (Å²) in [5, 5.41) is 12.5. The molecular formula is C12H17FN2O2. The topological polar surface area (TPSA) is 52.6 Å². The predicted octanol–water partition coefficient (Wildman–Crippen LogP) is 0.537. The Kier molecular flexibility index (Phi) is 5.06. The lowest BCUT2D eigenvalue weighted by atomic mass is 10.1. The maximum absolute atomic E-state index is 13.3. The molecule has 0 aliphatic carbocycles. The van der Waals surface area contributed by atoms with Crippen LogP contribution in [-0.2, 0) is 4.79 Å². The van der Waals surface area contributed by atoms with Crippen LogP contribution in [0.5, 0.6) is 0 Å². The van der Waals surface area contributed by atoms with E-state index in [-0.39, 0.29) is 24.6 Å². The van der Waals surface area contributed by atoms with Gasteiger partial charge in [0.05, 0.1) is 12.6 Å². The lowest BCUT2D eigenvalue weighted by Gasteiger charge is -2.14. The second-order valence-electron chi connectivity index (χ2n) is 3.96. The molecule has 2 N–H and O–H groups in total. The van der Waals surface area contributed by atoms with Crippen LogP contribution in [0.15, 0.2) is 24.3 Å². The van der Waals surface area contributed by atoms with Crippen molar-refractivity contribution in [3.05, 3.63) is 35.6 Å². The predicted molar refractivity (Wildman–Crippen MR) is 62.9 cm³/mol. The Bertz CT molecular complexity index is 383. The summed E-state index contributed by atoms with van der Waals surface area (Å²) >= 11 is 0. The Morgan fingerprint density at radius 2 is 2.12 bits per heavy atom.